The highest BCUT2D eigenvalue weighted by Crippen LogP contribution is 2.34. The molecule has 0 amide bonds. The van der Waals surface area contributed by atoms with Gasteiger partial charge in [0.05, 0.1) is 0 Å². The predicted octanol–water partition coefficient (Wildman–Crippen LogP) is 2.11. The summed E-state index contributed by atoms with van der Waals surface area (Å²) in [5.41, 5.74) is 3.30. The van der Waals surface area contributed by atoms with Gasteiger partial charge in [-0.1, -0.05) is 54.6 Å². The topological polar surface area (TPSA) is 158 Å². The lowest BCUT2D eigenvalue weighted by Crippen LogP contribution is -2.60. The number of carbonyl (C=O) groups excluding carboxylic acids is 4. The molecule has 0 radical (unpaired) electrons. The number of nitrogens with zero attached hydrogens (tertiary/aromatic N) is 4. The molecule has 4 rings (SSSR count). The predicted molar refractivity (Wildman–Crippen MR) is 144 cm³/mol. The fraction of sp³-hybridized carbons (Fsp3) is 0.414. The van der Waals surface area contributed by atoms with Crippen molar-refractivity contribution in [1.82, 2.24) is 20.2 Å². The summed E-state index contributed by atoms with van der Waals surface area (Å²) in [7, 11) is 0. The van der Waals surface area contributed by atoms with Crippen molar-refractivity contribution < 1.29 is 42.9 Å². The molecule has 0 saturated carbocycles. The Hall–Kier alpha value is -4.65. The SMILES string of the molecule is CC(=O)OCC1OC(n2nnc(Cc3ccc(Cc4ccccc4)cc3)n2)C(OC(C)=O)C(OC(C)=O)C1OC(C)=O. The number of tetrazole rings is 1. The molecule has 3 aromatic rings. The minimum atomic E-state index is -1.33. The summed E-state index contributed by atoms with van der Waals surface area (Å²) in [5.74, 6) is -2.44. The number of esters is 4. The smallest absolute Gasteiger partial charge is 0.303 e. The van der Waals surface area contributed by atoms with Crippen molar-refractivity contribution in [2.45, 2.75) is 71.2 Å². The third-order valence-corrected chi connectivity index (χ3v) is 6.30. The third kappa shape index (κ3) is 8.19. The monoisotopic (exact) mass is 580 g/mol. The van der Waals surface area contributed by atoms with Gasteiger partial charge in [0, 0.05) is 34.1 Å². The zero-order valence-corrected chi connectivity index (χ0v) is 23.7. The molecule has 42 heavy (non-hydrogen) atoms. The minimum Gasteiger partial charge on any atom is -0.463 e. The standard InChI is InChI=1S/C29H32N4O9/c1-17(34)38-16-24-26(39-18(2)35)27(40-19(3)36)28(41-20(4)37)29(42-24)33-31-25(30-32-33)15-23-12-10-22(11-13-23)14-21-8-6-5-7-9-21/h5-13,24,26-29H,14-16H2,1-4H3. The summed E-state index contributed by atoms with van der Waals surface area (Å²) >= 11 is 0. The van der Waals surface area contributed by atoms with Gasteiger partial charge >= 0.3 is 23.9 Å². The summed E-state index contributed by atoms with van der Waals surface area (Å²) in [4.78, 5) is 48.7. The van der Waals surface area contributed by atoms with E-state index in [1.807, 2.05) is 42.5 Å². The van der Waals surface area contributed by atoms with Crippen LogP contribution in [0.4, 0.5) is 0 Å². The van der Waals surface area contributed by atoms with Gasteiger partial charge in [0.2, 0.25) is 6.23 Å². The molecule has 5 atom stereocenters. The normalized spacial score (nSPS) is 21.7. The molecule has 13 nitrogen and oxygen atoms in total. The molecule has 1 aliphatic rings. The van der Waals surface area contributed by atoms with Gasteiger partial charge in [-0.05, 0) is 28.3 Å². The lowest BCUT2D eigenvalue weighted by Gasteiger charge is -2.43. The van der Waals surface area contributed by atoms with Crippen LogP contribution in [0, 0.1) is 0 Å². The quantitative estimate of drug-likeness (QED) is 0.254. The van der Waals surface area contributed by atoms with Gasteiger partial charge in [-0.2, -0.15) is 0 Å². The van der Waals surface area contributed by atoms with Crippen LogP contribution in [-0.4, -0.2) is 75.1 Å². The van der Waals surface area contributed by atoms with Crippen LogP contribution in [0.3, 0.4) is 0 Å². The molecule has 0 spiro atoms. The Morgan fingerprint density at radius 2 is 1.26 bits per heavy atom. The Balaban J connectivity index is 1.58. The van der Waals surface area contributed by atoms with Crippen molar-refractivity contribution in [3.63, 3.8) is 0 Å². The van der Waals surface area contributed by atoms with Crippen LogP contribution >= 0.6 is 0 Å². The Morgan fingerprint density at radius 3 is 1.86 bits per heavy atom. The first-order valence-electron chi connectivity index (χ1n) is 13.3. The Bertz CT molecular complexity index is 1390. The number of hydrogen-bond acceptors (Lipinski definition) is 12. The van der Waals surface area contributed by atoms with Gasteiger partial charge in [-0.3, -0.25) is 19.2 Å². The van der Waals surface area contributed by atoms with E-state index in [2.05, 4.69) is 27.5 Å². The molecule has 13 heteroatoms. The molecule has 0 bridgehead atoms. The first-order chi connectivity index (χ1) is 20.1. The van der Waals surface area contributed by atoms with E-state index in [0.717, 1.165) is 43.1 Å². The van der Waals surface area contributed by atoms with Gasteiger partial charge in [-0.15, -0.1) is 15.0 Å². The highest BCUT2D eigenvalue weighted by molar-refractivity contribution is 5.68. The molecule has 2 aromatic carbocycles. The Morgan fingerprint density at radius 1 is 0.714 bits per heavy atom. The number of rotatable bonds is 10. The van der Waals surface area contributed by atoms with Gasteiger partial charge < -0.3 is 23.7 Å². The molecular weight excluding hydrogens is 548 g/mol. The van der Waals surface area contributed by atoms with Crippen LogP contribution in [0.2, 0.25) is 0 Å². The summed E-state index contributed by atoms with van der Waals surface area (Å²) in [6, 6.07) is 18.2. The van der Waals surface area contributed by atoms with E-state index in [1.165, 1.54) is 12.5 Å². The largest absolute Gasteiger partial charge is 0.463 e. The van der Waals surface area contributed by atoms with Crippen LogP contribution in [0.15, 0.2) is 54.6 Å². The van der Waals surface area contributed by atoms with Gasteiger partial charge in [0.15, 0.2) is 24.1 Å². The maximum Gasteiger partial charge on any atom is 0.303 e. The molecular formula is C29H32N4O9. The van der Waals surface area contributed by atoms with Gasteiger partial charge in [0.1, 0.15) is 12.7 Å². The summed E-state index contributed by atoms with van der Waals surface area (Å²) < 4.78 is 27.5. The van der Waals surface area contributed by atoms with Crippen LogP contribution < -0.4 is 0 Å². The van der Waals surface area contributed by atoms with E-state index < -0.39 is 54.5 Å². The fourth-order valence-corrected chi connectivity index (χ4v) is 4.61. The zero-order valence-electron chi connectivity index (χ0n) is 23.7. The van der Waals surface area contributed by atoms with E-state index in [-0.39, 0.29) is 6.61 Å². The molecule has 1 fully saturated rings. The summed E-state index contributed by atoms with van der Waals surface area (Å²) in [5, 5.41) is 12.7. The van der Waals surface area contributed by atoms with Crippen LogP contribution in [-0.2, 0) is 55.7 Å². The number of carbonyl (C=O) groups is 4. The van der Waals surface area contributed by atoms with Gasteiger partial charge in [-0.25, -0.2) is 0 Å². The summed E-state index contributed by atoms with van der Waals surface area (Å²) in [6.07, 6.45) is -5.17. The first kappa shape index (κ1) is 30.3. The molecule has 0 aliphatic carbocycles. The Labute approximate surface area is 242 Å². The molecule has 0 N–H and O–H groups in total. The number of aromatic nitrogens is 4. The van der Waals surface area contributed by atoms with E-state index >= 15 is 0 Å². The zero-order chi connectivity index (χ0) is 30.2. The van der Waals surface area contributed by atoms with Crippen molar-refractivity contribution in [2.24, 2.45) is 0 Å². The molecule has 5 unspecified atom stereocenters. The van der Waals surface area contributed by atoms with Crippen LogP contribution in [0.1, 0.15) is 56.4 Å². The van der Waals surface area contributed by atoms with Gasteiger partial charge in [0.25, 0.3) is 0 Å². The van der Waals surface area contributed by atoms with E-state index in [1.54, 1.807) is 0 Å². The lowest BCUT2D eigenvalue weighted by atomic mass is 9.97. The Kier molecular flexibility index (Phi) is 9.97. The van der Waals surface area contributed by atoms with Crippen molar-refractivity contribution in [3.8, 4) is 0 Å². The second-order valence-electron chi connectivity index (χ2n) is 9.77. The van der Waals surface area contributed by atoms with E-state index in [0.29, 0.717) is 12.2 Å². The number of ether oxygens (including phenoxy) is 5. The van der Waals surface area contributed by atoms with Crippen molar-refractivity contribution in [1.29, 1.82) is 0 Å². The number of hydrogen-bond donors (Lipinski definition) is 0. The third-order valence-electron chi connectivity index (χ3n) is 6.30. The lowest BCUT2D eigenvalue weighted by molar-refractivity contribution is -0.272. The maximum atomic E-state index is 12.1. The first-order valence-corrected chi connectivity index (χ1v) is 13.3. The summed E-state index contributed by atoms with van der Waals surface area (Å²) in [6.45, 7) is 4.31. The molecule has 1 saturated heterocycles. The number of benzene rings is 2. The average molecular weight is 581 g/mol. The van der Waals surface area contributed by atoms with E-state index in [4.69, 9.17) is 23.7 Å². The van der Waals surface area contributed by atoms with Crippen LogP contribution in [0.25, 0.3) is 0 Å². The van der Waals surface area contributed by atoms with Crippen molar-refractivity contribution in [3.05, 3.63) is 77.1 Å². The fourth-order valence-electron chi connectivity index (χ4n) is 4.61. The van der Waals surface area contributed by atoms with Crippen molar-refractivity contribution >= 4 is 23.9 Å². The average Bonchev–Trinajstić information content (AvgIpc) is 3.39. The molecule has 1 aromatic heterocycles. The highest BCUT2D eigenvalue weighted by Gasteiger charge is 2.53. The second-order valence-corrected chi connectivity index (χ2v) is 9.77. The van der Waals surface area contributed by atoms with Crippen molar-refractivity contribution in [2.75, 3.05) is 6.61 Å². The molecule has 222 valence electrons. The molecule has 2 heterocycles. The second kappa shape index (κ2) is 13.8. The van der Waals surface area contributed by atoms with Crippen LogP contribution in [0.5, 0.6) is 0 Å². The minimum absolute atomic E-state index is 0.344. The maximum absolute atomic E-state index is 12.1. The molecule has 1 aliphatic heterocycles. The highest BCUT2D eigenvalue weighted by atomic mass is 16.7. The van der Waals surface area contributed by atoms with E-state index in [9.17, 15) is 19.2 Å².